The molecule has 0 saturated carbocycles. The highest BCUT2D eigenvalue weighted by atomic mass is 35.5. The van der Waals surface area contributed by atoms with Gasteiger partial charge in [-0.15, -0.1) is 0 Å². The van der Waals surface area contributed by atoms with Crippen molar-refractivity contribution in [2.75, 3.05) is 0 Å². The van der Waals surface area contributed by atoms with E-state index in [4.69, 9.17) is 11.6 Å². The number of aromatic amines is 1. The maximum absolute atomic E-state index is 6.53. The van der Waals surface area contributed by atoms with Gasteiger partial charge < -0.3 is 4.98 Å². The number of aromatic nitrogens is 1. The lowest BCUT2D eigenvalue weighted by atomic mass is 9.99. The first-order valence-corrected chi connectivity index (χ1v) is 8.03. The Hall–Kier alpha value is -2.00. The number of nitrogens with zero attached hydrogens (tertiary/aromatic N) is 2. The van der Waals surface area contributed by atoms with Crippen LogP contribution in [0.2, 0.25) is 5.02 Å². The SMILES string of the molecule is CC(C)c1cc2cc(Cl)c(C3=CC4CC=NN4C=C3)cc2[nH]1. The number of benzene rings is 1. The summed E-state index contributed by atoms with van der Waals surface area (Å²) in [5.41, 5.74) is 4.63. The number of hydrazone groups is 1. The summed E-state index contributed by atoms with van der Waals surface area (Å²) < 4.78 is 0. The lowest BCUT2D eigenvalue weighted by molar-refractivity contribution is 0.369. The number of nitrogens with one attached hydrogen (secondary N) is 1. The van der Waals surface area contributed by atoms with Crippen LogP contribution in [0.4, 0.5) is 0 Å². The van der Waals surface area contributed by atoms with Crippen molar-refractivity contribution < 1.29 is 0 Å². The summed E-state index contributed by atoms with van der Waals surface area (Å²) in [5.74, 6) is 0.479. The Balaban J connectivity index is 1.78. The molecule has 0 spiro atoms. The highest BCUT2D eigenvalue weighted by Crippen LogP contribution is 2.34. The highest BCUT2D eigenvalue weighted by Gasteiger charge is 2.21. The summed E-state index contributed by atoms with van der Waals surface area (Å²) in [6.07, 6.45) is 9.26. The zero-order valence-electron chi connectivity index (χ0n) is 12.7. The van der Waals surface area contributed by atoms with Gasteiger partial charge >= 0.3 is 0 Å². The first-order chi connectivity index (χ1) is 10.6. The molecule has 4 heteroatoms. The number of hydrogen-bond donors (Lipinski definition) is 1. The van der Waals surface area contributed by atoms with Crippen molar-refractivity contribution >= 4 is 34.3 Å². The average molecular weight is 312 g/mol. The molecule has 1 atom stereocenters. The van der Waals surface area contributed by atoms with Gasteiger partial charge in [0.15, 0.2) is 0 Å². The molecule has 0 radical (unpaired) electrons. The van der Waals surface area contributed by atoms with Crippen molar-refractivity contribution in [3.63, 3.8) is 0 Å². The number of halogens is 1. The lowest BCUT2D eigenvalue weighted by Crippen LogP contribution is -2.21. The summed E-state index contributed by atoms with van der Waals surface area (Å²) in [6, 6.07) is 6.72. The molecule has 0 aliphatic carbocycles. The molecule has 1 N–H and O–H groups in total. The number of hydrogen-bond acceptors (Lipinski definition) is 2. The third kappa shape index (κ3) is 2.17. The molecule has 0 fully saturated rings. The molecular weight excluding hydrogens is 294 g/mol. The minimum absolute atomic E-state index is 0.321. The van der Waals surface area contributed by atoms with Gasteiger partial charge in [0.2, 0.25) is 0 Å². The number of allylic oxidation sites excluding steroid dienone is 2. The Labute approximate surface area is 135 Å². The van der Waals surface area contributed by atoms with Gasteiger partial charge in [-0.25, -0.2) is 0 Å². The number of rotatable bonds is 2. The van der Waals surface area contributed by atoms with Crippen LogP contribution in [0.1, 0.15) is 37.4 Å². The Morgan fingerprint density at radius 3 is 3.00 bits per heavy atom. The molecule has 3 heterocycles. The summed E-state index contributed by atoms with van der Waals surface area (Å²) in [5, 5.41) is 8.27. The van der Waals surface area contributed by atoms with E-state index in [1.807, 2.05) is 17.4 Å². The second kappa shape index (κ2) is 5.03. The highest BCUT2D eigenvalue weighted by molar-refractivity contribution is 6.33. The molecule has 112 valence electrons. The molecule has 1 unspecified atom stereocenters. The van der Waals surface area contributed by atoms with Gasteiger partial charge in [0.1, 0.15) is 0 Å². The Morgan fingerprint density at radius 1 is 1.32 bits per heavy atom. The van der Waals surface area contributed by atoms with E-state index in [0.717, 1.165) is 22.5 Å². The van der Waals surface area contributed by atoms with Crippen molar-refractivity contribution in [1.29, 1.82) is 0 Å². The van der Waals surface area contributed by atoms with E-state index in [9.17, 15) is 0 Å². The minimum atomic E-state index is 0.321. The molecule has 1 aromatic carbocycles. The van der Waals surface area contributed by atoms with Crippen molar-refractivity contribution in [3.8, 4) is 0 Å². The average Bonchev–Trinajstić information content (AvgIpc) is 3.11. The summed E-state index contributed by atoms with van der Waals surface area (Å²) >= 11 is 6.53. The molecule has 22 heavy (non-hydrogen) atoms. The van der Waals surface area contributed by atoms with E-state index in [-0.39, 0.29) is 0 Å². The molecule has 2 aliphatic rings. The number of fused-ring (bicyclic) bond motifs is 2. The standard InChI is InChI=1S/C18H18ClN3/c1-11(2)17-9-13-8-16(19)15(10-18(13)21-17)12-4-6-22-14(7-12)3-5-20-22/h4-11,14,21H,3H2,1-2H3. The van der Waals surface area contributed by atoms with Crippen molar-refractivity contribution in [2.24, 2.45) is 5.10 Å². The third-order valence-electron chi connectivity index (χ3n) is 4.34. The fourth-order valence-electron chi connectivity index (χ4n) is 3.04. The topological polar surface area (TPSA) is 31.4 Å². The summed E-state index contributed by atoms with van der Waals surface area (Å²) in [4.78, 5) is 3.50. The maximum atomic E-state index is 6.53. The van der Waals surface area contributed by atoms with Crippen LogP contribution >= 0.6 is 11.6 Å². The predicted molar refractivity (Wildman–Crippen MR) is 93.3 cm³/mol. The van der Waals surface area contributed by atoms with Crippen LogP contribution in [0.3, 0.4) is 0 Å². The smallest absolute Gasteiger partial charge is 0.0758 e. The van der Waals surface area contributed by atoms with E-state index in [1.165, 1.54) is 16.7 Å². The largest absolute Gasteiger partial charge is 0.358 e. The molecule has 0 bridgehead atoms. The van der Waals surface area contributed by atoms with Crippen LogP contribution in [0.5, 0.6) is 0 Å². The van der Waals surface area contributed by atoms with Crippen molar-refractivity contribution in [3.05, 3.63) is 52.8 Å². The van der Waals surface area contributed by atoms with E-state index in [0.29, 0.717) is 12.0 Å². The molecule has 4 rings (SSSR count). The molecule has 0 saturated heterocycles. The van der Waals surface area contributed by atoms with Crippen LogP contribution in [-0.4, -0.2) is 22.2 Å². The van der Waals surface area contributed by atoms with Crippen LogP contribution in [-0.2, 0) is 0 Å². The molecule has 2 aromatic rings. The van der Waals surface area contributed by atoms with Crippen LogP contribution in [0.15, 0.2) is 41.7 Å². The zero-order valence-corrected chi connectivity index (χ0v) is 13.4. The Bertz CT molecular complexity index is 826. The second-order valence-corrected chi connectivity index (χ2v) is 6.62. The van der Waals surface area contributed by atoms with Gasteiger partial charge in [0.05, 0.1) is 6.04 Å². The molecule has 3 nitrogen and oxygen atoms in total. The first kappa shape index (κ1) is 13.6. The van der Waals surface area contributed by atoms with E-state index >= 15 is 0 Å². The fraction of sp³-hybridized carbons (Fsp3) is 0.278. The van der Waals surface area contributed by atoms with E-state index in [1.54, 1.807) is 0 Å². The van der Waals surface area contributed by atoms with Gasteiger partial charge in [0, 0.05) is 46.0 Å². The third-order valence-corrected chi connectivity index (χ3v) is 4.66. The molecule has 1 aromatic heterocycles. The van der Waals surface area contributed by atoms with Crippen molar-refractivity contribution in [2.45, 2.75) is 32.2 Å². The molecular formula is C18H18ClN3. The zero-order chi connectivity index (χ0) is 15.3. The van der Waals surface area contributed by atoms with Crippen LogP contribution in [0.25, 0.3) is 16.5 Å². The van der Waals surface area contributed by atoms with Gasteiger partial charge in [0.25, 0.3) is 0 Å². The molecule has 0 amide bonds. The quantitative estimate of drug-likeness (QED) is 0.839. The van der Waals surface area contributed by atoms with Gasteiger partial charge in [-0.2, -0.15) is 5.10 Å². The Morgan fingerprint density at radius 2 is 2.18 bits per heavy atom. The summed E-state index contributed by atoms with van der Waals surface area (Å²) in [7, 11) is 0. The number of H-pyrrole nitrogens is 1. The van der Waals surface area contributed by atoms with E-state index in [2.05, 4.69) is 54.3 Å². The van der Waals surface area contributed by atoms with Crippen LogP contribution in [0, 0.1) is 0 Å². The van der Waals surface area contributed by atoms with Gasteiger partial charge in [-0.1, -0.05) is 31.5 Å². The lowest BCUT2D eigenvalue weighted by Gasteiger charge is -2.22. The predicted octanol–water partition coefficient (Wildman–Crippen LogP) is 4.92. The van der Waals surface area contributed by atoms with Gasteiger partial charge in [-0.05, 0) is 35.8 Å². The van der Waals surface area contributed by atoms with E-state index < -0.39 is 0 Å². The fourth-order valence-corrected chi connectivity index (χ4v) is 3.32. The monoisotopic (exact) mass is 311 g/mol. The first-order valence-electron chi connectivity index (χ1n) is 7.65. The second-order valence-electron chi connectivity index (χ2n) is 6.22. The van der Waals surface area contributed by atoms with Crippen LogP contribution < -0.4 is 0 Å². The maximum Gasteiger partial charge on any atom is 0.0758 e. The summed E-state index contributed by atoms with van der Waals surface area (Å²) in [6.45, 7) is 4.38. The van der Waals surface area contributed by atoms with Gasteiger partial charge in [-0.3, -0.25) is 5.01 Å². The van der Waals surface area contributed by atoms with Crippen molar-refractivity contribution in [1.82, 2.24) is 9.99 Å². The molecule has 2 aliphatic heterocycles. The minimum Gasteiger partial charge on any atom is -0.358 e. The normalized spacial score (nSPS) is 20.1. The Kier molecular flexibility index (Phi) is 3.12.